The van der Waals surface area contributed by atoms with Crippen LogP contribution >= 0.6 is 0 Å². The maximum Gasteiger partial charge on any atom is 0.267 e. The lowest BCUT2D eigenvalue weighted by Gasteiger charge is -2.27. The van der Waals surface area contributed by atoms with Crippen LogP contribution in [0, 0.1) is 6.92 Å². The van der Waals surface area contributed by atoms with Crippen LogP contribution in [0.15, 0.2) is 54.6 Å². The lowest BCUT2D eigenvalue weighted by Crippen LogP contribution is -2.28. The quantitative estimate of drug-likeness (QED) is 0.416. The van der Waals surface area contributed by atoms with Gasteiger partial charge in [-0.2, -0.15) is 0 Å². The van der Waals surface area contributed by atoms with E-state index in [4.69, 9.17) is 5.21 Å². The van der Waals surface area contributed by atoms with E-state index in [-0.39, 0.29) is 0 Å². The summed E-state index contributed by atoms with van der Waals surface area (Å²) in [5, 5.41) is 19.1. The first-order chi connectivity index (χ1) is 13.1. The maximum atomic E-state index is 11.1. The number of hydrogen-bond donors (Lipinski definition) is 3. The summed E-state index contributed by atoms with van der Waals surface area (Å²) in [7, 11) is 0. The summed E-state index contributed by atoms with van der Waals surface area (Å²) in [5.74, 6) is -0.550. The Balaban J connectivity index is 1.66. The molecule has 1 aliphatic rings. The van der Waals surface area contributed by atoms with Gasteiger partial charge in [-0.1, -0.05) is 54.1 Å². The Morgan fingerprint density at radius 2 is 1.93 bits per heavy atom. The number of aliphatic hydroxyl groups is 1. The van der Waals surface area contributed by atoms with Gasteiger partial charge < -0.3 is 5.11 Å². The van der Waals surface area contributed by atoms with E-state index in [0.29, 0.717) is 12.6 Å². The van der Waals surface area contributed by atoms with E-state index < -0.39 is 12.0 Å². The zero-order chi connectivity index (χ0) is 19.2. The minimum Gasteiger partial charge on any atom is -0.387 e. The fourth-order valence-electron chi connectivity index (χ4n) is 3.58. The topological polar surface area (TPSA) is 72.8 Å². The van der Waals surface area contributed by atoms with Crippen molar-refractivity contribution in [2.24, 2.45) is 0 Å². The number of hydrogen-bond acceptors (Lipinski definition) is 4. The average molecular weight is 366 g/mol. The van der Waals surface area contributed by atoms with E-state index in [9.17, 15) is 9.90 Å². The molecule has 1 aliphatic heterocycles. The van der Waals surface area contributed by atoms with Gasteiger partial charge in [0.25, 0.3) is 5.91 Å². The Bertz CT molecular complexity index is 784. The third-order valence-electron chi connectivity index (χ3n) is 5.09. The van der Waals surface area contributed by atoms with Crippen molar-refractivity contribution >= 4 is 12.0 Å². The smallest absolute Gasteiger partial charge is 0.267 e. The SMILES string of the molecule is Cc1ccc(C(O)CN2CCCC2c2ccc(/C=C/C(=O)NO)cc2)cc1. The lowest BCUT2D eigenvalue weighted by molar-refractivity contribution is -0.124. The summed E-state index contributed by atoms with van der Waals surface area (Å²) in [6.45, 7) is 3.64. The molecule has 0 aliphatic carbocycles. The predicted molar refractivity (Wildman–Crippen MR) is 105 cm³/mol. The summed E-state index contributed by atoms with van der Waals surface area (Å²) in [5.41, 5.74) is 5.83. The monoisotopic (exact) mass is 366 g/mol. The first-order valence-corrected chi connectivity index (χ1v) is 9.27. The van der Waals surface area contributed by atoms with Crippen LogP contribution in [0.2, 0.25) is 0 Å². The van der Waals surface area contributed by atoms with E-state index in [1.807, 2.05) is 43.3 Å². The highest BCUT2D eigenvalue weighted by Gasteiger charge is 2.27. The van der Waals surface area contributed by atoms with Gasteiger partial charge in [0.1, 0.15) is 0 Å². The fraction of sp³-hybridized carbons (Fsp3) is 0.318. The number of nitrogens with zero attached hydrogens (tertiary/aromatic N) is 1. The molecule has 5 nitrogen and oxygen atoms in total. The maximum absolute atomic E-state index is 11.1. The van der Waals surface area contributed by atoms with E-state index in [1.54, 1.807) is 11.6 Å². The van der Waals surface area contributed by atoms with Gasteiger partial charge in [0.05, 0.1) is 6.10 Å². The molecule has 2 aromatic carbocycles. The number of β-amino-alcohol motifs (C(OH)–C–C–N with tert-alkyl or cyclic N) is 1. The van der Waals surface area contributed by atoms with Gasteiger partial charge in [0.15, 0.2) is 0 Å². The summed E-state index contributed by atoms with van der Waals surface area (Å²) in [6.07, 6.45) is 4.63. The molecular weight excluding hydrogens is 340 g/mol. The number of aryl methyl sites for hydroxylation is 1. The van der Waals surface area contributed by atoms with E-state index in [1.165, 1.54) is 17.2 Å². The number of rotatable bonds is 6. The highest BCUT2D eigenvalue weighted by atomic mass is 16.5. The van der Waals surface area contributed by atoms with E-state index in [2.05, 4.69) is 17.0 Å². The molecule has 0 radical (unpaired) electrons. The molecule has 27 heavy (non-hydrogen) atoms. The second-order valence-electron chi connectivity index (χ2n) is 7.06. The summed E-state index contributed by atoms with van der Waals surface area (Å²) in [4.78, 5) is 13.4. The van der Waals surface area contributed by atoms with Crippen molar-refractivity contribution in [2.45, 2.75) is 31.9 Å². The average Bonchev–Trinajstić information content (AvgIpc) is 3.15. The Labute approximate surface area is 159 Å². The molecule has 0 aromatic heterocycles. The molecule has 3 rings (SSSR count). The van der Waals surface area contributed by atoms with Crippen LogP contribution in [-0.2, 0) is 4.79 Å². The lowest BCUT2D eigenvalue weighted by atomic mass is 10.0. The molecular formula is C22H26N2O3. The molecule has 2 atom stereocenters. The molecule has 5 heteroatoms. The molecule has 142 valence electrons. The summed E-state index contributed by atoms with van der Waals surface area (Å²) >= 11 is 0. The minimum absolute atomic E-state index is 0.295. The zero-order valence-corrected chi connectivity index (χ0v) is 15.5. The van der Waals surface area contributed by atoms with Crippen LogP contribution in [0.5, 0.6) is 0 Å². The predicted octanol–water partition coefficient (Wildman–Crippen LogP) is 3.38. The molecule has 2 unspecified atom stereocenters. The van der Waals surface area contributed by atoms with Crippen molar-refractivity contribution in [3.63, 3.8) is 0 Å². The van der Waals surface area contributed by atoms with Crippen molar-refractivity contribution < 1.29 is 15.1 Å². The molecule has 0 bridgehead atoms. The van der Waals surface area contributed by atoms with Crippen LogP contribution in [0.1, 0.15) is 47.2 Å². The Morgan fingerprint density at radius 1 is 1.22 bits per heavy atom. The van der Waals surface area contributed by atoms with Gasteiger partial charge in [-0.05, 0) is 49.1 Å². The molecule has 0 saturated carbocycles. The number of aliphatic hydroxyl groups excluding tert-OH is 1. The molecule has 1 fully saturated rings. The van der Waals surface area contributed by atoms with Gasteiger partial charge in [-0.3, -0.25) is 14.9 Å². The van der Waals surface area contributed by atoms with Crippen LogP contribution in [0.3, 0.4) is 0 Å². The van der Waals surface area contributed by atoms with Crippen LogP contribution in [0.4, 0.5) is 0 Å². The fourth-order valence-corrected chi connectivity index (χ4v) is 3.58. The van der Waals surface area contributed by atoms with Crippen molar-refractivity contribution in [1.82, 2.24) is 10.4 Å². The summed E-state index contributed by atoms with van der Waals surface area (Å²) in [6, 6.07) is 16.4. The first-order valence-electron chi connectivity index (χ1n) is 9.27. The highest BCUT2D eigenvalue weighted by molar-refractivity contribution is 5.90. The van der Waals surface area contributed by atoms with Gasteiger partial charge in [0, 0.05) is 18.7 Å². The minimum atomic E-state index is -0.550. The second-order valence-corrected chi connectivity index (χ2v) is 7.06. The standard InChI is InChI=1S/C22H26N2O3/c1-16-4-9-19(10-5-16)21(25)15-24-14-2-3-20(24)18-11-6-17(7-12-18)8-13-22(26)23-27/h4-13,20-21,25,27H,2-3,14-15H2,1H3,(H,23,26)/b13-8+. The molecule has 1 heterocycles. The Kier molecular flexibility index (Phi) is 6.40. The van der Waals surface area contributed by atoms with E-state index >= 15 is 0 Å². The van der Waals surface area contributed by atoms with Crippen molar-refractivity contribution in [3.8, 4) is 0 Å². The van der Waals surface area contributed by atoms with Gasteiger partial charge in [0.2, 0.25) is 0 Å². The number of nitrogens with one attached hydrogen (secondary N) is 1. The van der Waals surface area contributed by atoms with Crippen molar-refractivity contribution in [2.75, 3.05) is 13.1 Å². The second kappa shape index (κ2) is 8.95. The Morgan fingerprint density at radius 3 is 2.59 bits per heavy atom. The van der Waals surface area contributed by atoms with Crippen LogP contribution in [-0.4, -0.2) is 34.2 Å². The first kappa shape index (κ1) is 19.3. The number of amides is 1. The zero-order valence-electron chi connectivity index (χ0n) is 15.5. The number of benzene rings is 2. The molecule has 1 amide bonds. The molecule has 0 spiro atoms. The largest absolute Gasteiger partial charge is 0.387 e. The molecule has 1 saturated heterocycles. The van der Waals surface area contributed by atoms with Gasteiger partial charge in [-0.25, -0.2) is 5.48 Å². The third kappa shape index (κ3) is 5.04. The van der Waals surface area contributed by atoms with E-state index in [0.717, 1.165) is 30.5 Å². The third-order valence-corrected chi connectivity index (χ3v) is 5.09. The highest BCUT2D eigenvalue weighted by Crippen LogP contribution is 2.33. The number of carbonyl (C=O) groups is 1. The molecule has 2 aromatic rings. The van der Waals surface area contributed by atoms with Crippen LogP contribution < -0.4 is 5.48 Å². The number of likely N-dealkylation sites (tertiary alicyclic amines) is 1. The van der Waals surface area contributed by atoms with Crippen molar-refractivity contribution in [3.05, 3.63) is 76.9 Å². The number of carbonyl (C=O) groups excluding carboxylic acids is 1. The molecule has 3 N–H and O–H groups in total. The van der Waals surface area contributed by atoms with Gasteiger partial charge in [-0.15, -0.1) is 0 Å². The van der Waals surface area contributed by atoms with Crippen molar-refractivity contribution in [1.29, 1.82) is 0 Å². The van der Waals surface area contributed by atoms with Gasteiger partial charge >= 0.3 is 0 Å². The van der Waals surface area contributed by atoms with Crippen LogP contribution in [0.25, 0.3) is 6.08 Å². The Hall–Kier alpha value is -2.47. The summed E-state index contributed by atoms with van der Waals surface area (Å²) < 4.78 is 0. The number of hydroxylamine groups is 1. The normalized spacial score (nSPS) is 18.7.